The Labute approximate surface area is 273 Å². The summed E-state index contributed by atoms with van der Waals surface area (Å²) in [7, 11) is -0.0425. The normalized spacial score (nSPS) is 18.4. The van der Waals surface area contributed by atoms with Crippen LogP contribution in [0.1, 0.15) is 80.2 Å². The van der Waals surface area contributed by atoms with Crippen molar-refractivity contribution in [2.24, 2.45) is 29.6 Å². The second-order valence-electron chi connectivity index (χ2n) is 12.4. The van der Waals surface area contributed by atoms with Gasteiger partial charge in [0, 0.05) is 11.8 Å². The highest BCUT2D eigenvalue weighted by molar-refractivity contribution is 14.1. The maximum Gasteiger partial charge on any atom is 0.192 e. The van der Waals surface area contributed by atoms with Crippen molar-refractivity contribution in [3.8, 4) is 5.75 Å². The molecule has 0 bridgehead atoms. The minimum absolute atomic E-state index is 0.00693. The SMILES string of the molecule is C=C/C=C\[C@H](C)[C@H](OCc1ccc(OC)cc1)[C@@H](C)[C@H](O)CC[C@H](C)C[C@H](C)[C@@H](O[Si](CC)(CC)CC)[C@@H](C)/C=C\I. The van der Waals surface area contributed by atoms with Crippen molar-refractivity contribution in [3.63, 3.8) is 0 Å². The Kier molecular flexibility index (Phi) is 19.5. The van der Waals surface area contributed by atoms with Crippen LogP contribution in [0.3, 0.4) is 0 Å². The minimum atomic E-state index is -1.72. The Morgan fingerprint density at radius 3 is 2.02 bits per heavy atom. The smallest absolute Gasteiger partial charge is 0.192 e. The molecule has 0 saturated carbocycles. The van der Waals surface area contributed by atoms with Gasteiger partial charge in [-0.15, -0.1) is 0 Å². The number of hydrogen-bond acceptors (Lipinski definition) is 4. The summed E-state index contributed by atoms with van der Waals surface area (Å²) >= 11 is 2.33. The molecule has 1 aromatic rings. The monoisotopic (exact) mass is 712 g/mol. The molecule has 0 aromatic heterocycles. The standard InChI is InChI=1S/C36H61IO4Si/c1-11-15-16-28(6)36(40-26-32-18-20-33(39-10)21-19-32)31(9)34(38)22-17-27(5)25-30(8)35(29(7)23-24-37)41-42(12-2,13-3)14-4/h11,15-16,18-21,23-24,27-31,34-36,38H,1,12-14,17,22,25-26H2,2-10H3/b16-15-,24-23-/t27-,28-,29-,30-,31-,34+,35-,36-/m0/s1. The molecule has 0 unspecified atom stereocenters. The molecule has 0 aliphatic carbocycles. The van der Waals surface area contributed by atoms with E-state index in [0.29, 0.717) is 24.4 Å². The highest BCUT2D eigenvalue weighted by Crippen LogP contribution is 2.33. The molecule has 0 amide bonds. The molecule has 0 saturated heterocycles. The van der Waals surface area contributed by atoms with Gasteiger partial charge in [0.1, 0.15) is 5.75 Å². The largest absolute Gasteiger partial charge is 0.497 e. The number of aliphatic hydroxyl groups is 1. The van der Waals surface area contributed by atoms with Gasteiger partial charge in [-0.05, 0) is 76.9 Å². The zero-order valence-electron chi connectivity index (χ0n) is 28.0. The Morgan fingerprint density at radius 2 is 1.50 bits per heavy atom. The number of aliphatic hydroxyl groups excluding tert-OH is 1. The van der Waals surface area contributed by atoms with Crippen LogP contribution in [-0.4, -0.2) is 38.8 Å². The summed E-state index contributed by atoms with van der Waals surface area (Å²) in [5.74, 6) is 2.32. The van der Waals surface area contributed by atoms with E-state index in [1.54, 1.807) is 13.2 Å². The molecule has 0 radical (unpaired) electrons. The molecule has 6 heteroatoms. The Bertz CT molecular complexity index is 905. The van der Waals surface area contributed by atoms with Gasteiger partial charge in [-0.2, -0.15) is 0 Å². The van der Waals surface area contributed by atoms with E-state index in [1.165, 1.54) is 18.1 Å². The third-order valence-electron chi connectivity index (χ3n) is 9.30. The van der Waals surface area contributed by atoms with Gasteiger partial charge in [0.15, 0.2) is 8.32 Å². The Morgan fingerprint density at radius 1 is 0.905 bits per heavy atom. The van der Waals surface area contributed by atoms with Crippen molar-refractivity contribution in [3.05, 3.63) is 64.8 Å². The van der Waals surface area contributed by atoms with Crippen LogP contribution in [-0.2, 0) is 15.8 Å². The van der Waals surface area contributed by atoms with Gasteiger partial charge >= 0.3 is 0 Å². The number of rotatable bonds is 22. The van der Waals surface area contributed by atoms with Crippen molar-refractivity contribution < 1.29 is 19.0 Å². The lowest BCUT2D eigenvalue weighted by atomic mass is 9.82. The number of benzene rings is 1. The van der Waals surface area contributed by atoms with E-state index in [2.05, 4.69) is 101 Å². The molecule has 8 atom stereocenters. The van der Waals surface area contributed by atoms with Crippen LogP contribution in [0.15, 0.2) is 59.2 Å². The molecule has 0 aliphatic heterocycles. The number of methoxy groups -OCH3 is 1. The van der Waals surface area contributed by atoms with Gasteiger partial charge in [0.25, 0.3) is 0 Å². The van der Waals surface area contributed by atoms with Crippen LogP contribution in [0.25, 0.3) is 0 Å². The lowest BCUT2D eigenvalue weighted by Crippen LogP contribution is -2.44. The number of halogens is 1. The van der Waals surface area contributed by atoms with Crippen LogP contribution in [0.2, 0.25) is 18.1 Å². The molecule has 4 nitrogen and oxygen atoms in total. The van der Waals surface area contributed by atoms with Gasteiger partial charge in [-0.3, -0.25) is 0 Å². The van der Waals surface area contributed by atoms with Crippen molar-refractivity contribution in [1.29, 1.82) is 0 Å². The minimum Gasteiger partial charge on any atom is -0.497 e. The fraction of sp³-hybridized carbons (Fsp3) is 0.667. The zero-order chi connectivity index (χ0) is 31.7. The van der Waals surface area contributed by atoms with Crippen molar-refractivity contribution in [2.45, 2.75) is 118 Å². The average molecular weight is 713 g/mol. The summed E-state index contributed by atoms with van der Waals surface area (Å²) in [5, 5.41) is 11.4. The van der Waals surface area contributed by atoms with Gasteiger partial charge in [0.05, 0.1) is 32.0 Å². The van der Waals surface area contributed by atoms with E-state index < -0.39 is 14.4 Å². The van der Waals surface area contributed by atoms with Crippen LogP contribution in [0, 0.1) is 29.6 Å². The van der Waals surface area contributed by atoms with Crippen molar-refractivity contribution in [2.75, 3.05) is 7.11 Å². The second kappa shape index (κ2) is 20.9. The Balaban J connectivity index is 2.88. The summed E-state index contributed by atoms with van der Waals surface area (Å²) in [6, 6.07) is 11.5. The third kappa shape index (κ3) is 13.0. The fourth-order valence-corrected chi connectivity index (χ4v) is 9.82. The maximum atomic E-state index is 11.4. The van der Waals surface area contributed by atoms with E-state index in [1.807, 2.05) is 30.3 Å². The van der Waals surface area contributed by atoms with E-state index in [0.717, 1.165) is 30.6 Å². The van der Waals surface area contributed by atoms with Crippen molar-refractivity contribution in [1.82, 2.24) is 0 Å². The predicted molar refractivity (Wildman–Crippen MR) is 192 cm³/mol. The summed E-state index contributed by atoms with van der Waals surface area (Å²) in [4.78, 5) is 0. The van der Waals surface area contributed by atoms with Crippen LogP contribution in [0.5, 0.6) is 5.75 Å². The first-order valence-electron chi connectivity index (χ1n) is 16.2. The number of allylic oxidation sites excluding steroid dienone is 2. The first kappa shape index (κ1) is 39.1. The van der Waals surface area contributed by atoms with E-state index >= 15 is 0 Å². The van der Waals surface area contributed by atoms with Crippen LogP contribution < -0.4 is 4.74 Å². The summed E-state index contributed by atoms with van der Waals surface area (Å²) in [6.45, 7) is 22.5. The number of ether oxygens (including phenoxy) is 2. The Hall–Kier alpha value is -0.933. The quantitative estimate of drug-likeness (QED) is 0.0739. The zero-order valence-corrected chi connectivity index (χ0v) is 31.2. The van der Waals surface area contributed by atoms with Gasteiger partial charge in [0.2, 0.25) is 0 Å². The van der Waals surface area contributed by atoms with E-state index in [-0.39, 0.29) is 24.0 Å². The summed E-state index contributed by atoms with van der Waals surface area (Å²) in [5.41, 5.74) is 1.09. The molecule has 1 N–H and O–H groups in total. The average Bonchev–Trinajstić information content (AvgIpc) is 3.00. The summed E-state index contributed by atoms with van der Waals surface area (Å²) < 4.78 is 21.0. The highest BCUT2D eigenvalue weighted by atomic mass is 127. The van der Waals surface area contributed by atoms with E-state index in [4.69, 9.17) is 13.9 Å². The first-order valence-corrected chi connectivity index (χ1v) is 19.9. The molecule has 0 heterocycles. The fourth-order valence-electron chi connectivity index (χ4n) is 6.14. The van der Waals surface area contributed by atoms with Gasteiger partial charge in [-0.25, -0.2) is 0 Å². The van der Waals surface area contributed by atoms with Gasteiger partial charge < -0.3 is 19.0 Å². The predicted octanol–water partition coefficient (Wildman–Crippen LogP) is 10.4. The molecule has 0 fully saturated rings. The molecule has 0 aliphatic rings. The first-order chi connectivity index (χ1) is 20.0. The van der Waals surface area contributed by atoms with Crippen LogP contribution in [0.4, 0.5) is 0 Å². The summed E-state index contributed by atoms with van der Waals surface area (Å²) in [6.07, 6.45) is 10.7. The van der Waals surface area contributed by atoms with Crippen LogP contribution >= 0.6 is 22.6 Å². The molecular formula is C36H61IO4Si. The maximum absolute atomic E-state index is 11.4. The second-order valence-corrected chi connectivity index (χ2v) is 17.9. The lowest BCUT2D eigenvalue weighted by molar-refractivity contribution is -0.0586. The lowest BCUT2D eigenvalue weighted by Gasteiger charge is -2.39. The molecule has 1 aromatic carbocycles. The van der Waals surface area contributed by atoms with Crippen molar-refractivity contribution >= 4 is 30.9 Å². The van der Waals surface area contributed by atoms with E-state index in [9.17, 15) is 5.11 Å². The number of hydrogen-bond donors (Lipinski definition) is 1. The molecule has 0 spiro atoms. The topological polar surface area (TPSA) is 47.9 Å². The molecule has 42 heavy (non-hydrogen) atoms. The highest BCUT2D eigenvalue weighted by Gasteiger charge is 2.36. The van der Waals surface area contributed by atoms with Gasteiger partial charge in [-0.1, -0.05) is 121 Å². The molecular weight excluding hydrogens is 651 g/mol. The molecule has 240 valence electrons. The molecule has 1 rings (SSSR count). The third-order valence-corrected chi connectivity index (χ3v) is 14.4.